The van der Waals surface area contributed by atoms with E-state index in [1.165, 1.54) is 44.9 Å². The molecule has 0 aromatic heterocycles. The van der Waals surface area contributed by atoms with Gasteiger partial charge in [0.05, 0.1) is 0 Å². The number of rotatable bonds is 2. The fourth-order valence-electron chi connectivity index (χ4n) is 6.71. The van der Waals surface area contributed by atoms with Crippen LogP contribution in [0.15, 0.2) is 0 Å². The topological polar surface area (TPSA) is 41.1 Å². The van der Waals surface area contributed by atoms with E-state index in [-0.39, 0.29) is 0 Å². The van der Waals surface area contributed by atoms with Crippen molar-refractivity contribution in [1.82, 2.24) is 10.6 Å². The largest absolute Gasteiger partial charge is 0.353 e. The number of nitrogens with one attached hydrogen (secondary N) is 2. The normalized spacial score (nSPS) is 49.3. The van der Waals surface area contributed by atoms with Crippen molar-refractivity contribution in [3.05, 3.63) is 0 Å². The first-order chi connectivity index (χ1) is 10.3. The van der Waals surface area contributed by atoms with Gasteiger partial charge in [-0.15, -0.1) is 0 Å². The lowest BCUT2D eigenvalue weighted by Crippen LogP contribution is -2.44. The molecular weight excluding hydrogens is 260 g/mol. The van der Waals surface area contributed by atoms with E-state index in [0.717, 1.165) is 43.2 Å². The highest BCUT2D eigenvalue weighted by atomic mass is 16.2. The summed E-state index contributed by atoms with van der Waals surface area (Å²) in [5.74, 6) is 4.51. The lowest BCUT2D eigenvalue weighted by molar-refractivity contribution is -0.124. The van der Waals surface area contributed by atoms with Crippen LogP contribution >= 0.6 is 0 Å². The molecule has 0 radical (unpaired) electrons. The molecule has 6 atom stereocenters. The van der Waals surface area contributed by atoms with Gasteiger partial charge in [0.15, 0.2) is 0 Å². The molecule has 4 aliphatic carbocycles. The van der Waals surface area contributed by atoms with E-state index in [1.54, 1.807) is 0 Å². The second-order valence-corrected chi connectivity index (χ2v) is 8.64. The van der Waals surface area contributed by atoms with Crippen LogP contribution in [0.25, 0.3) is 0 Å². The van der Waals surface area contributed by atoms with E-state index < -0.39 is 0 Å². The molecule has 1 aliphatic heterocycles. The highest BCUT2D eigenvalue weighted by molar-refractivity contribution is 5.83. The zero-order valence-electron chi connectivity index (χ0n) is 12.9. The van der Waals surface area contributed by atoms with E-state index in [0.29, 0.717) is 23.3 Å². The molecule has 1 spiro atoms. The zero-order valence-corrected chi connectivity index (χ0v) is 12.9. The number of hydrogen-bond acceptors (Lipinski definition) is 2. The molecule has 6 unspecified atom stereocenters. The molecule has 0 aromatic carbocycles. The van der Waals surface area contributed by atoms with Gasteiger partial charge in [-0.25, -0.2) is 0 Å². The number of carbonyl (C=O) groups is 1. The van der Waals surface area contributed by atoms with E-state index in [9.17, 15) is 4.79 Å². The van der Waals surface area contributed by atoms with Crippen LogP contribution in [0.5, 0.6) is 0 Å². The number of piperidine rings is 1. The van der Waals surface area contributed by atoms with Crippen LogP contribution in [-0.2, 0) is 4.79 Å². The maximum absolute atomic E-state index is 12.7. The first-order valence-corrected chi connectivity index (χ1v) is 9.28. The van der Waals surface area contributed by atoms with Gasteiger partial charge in [-0.1, -0.05) is 6.42 Å². The predicted octanol–water partition coefficient (Wildman–Crippen LogP) is 2.32. The van der Waals surface area contributed by atoms with Crippen LogP contribution in [0.2, 0.25) is 0 Å². The minimum absolute atomic E-state index is 0.345. The number of amides is 1. The SMILES string of the molecule is O=C(NC1CC2CC1C1CCCC21)C1CC12CCNCC2. The Labute approximate surface area is 127 Å². The van der Waals surface area contributed by atoms with Gasteiger partial charge in [0.25, 0.3) is 0 Å². The van der Waals surface area contributed by atoms with Crippen LogP contribution in [0, 0.1) is 35.0 Å². The molecule has 1 amide bonds. The van der Waals surface area contributed by atoms with E-state index >= 15 is 0 Å². The average molecular weight is 288 g/mol. The standard InChI is InChI=1S/C18H28N2O/c21-17(15-10-18(15)4-6-19-7-5-18)20-16-9-11-8-14(16)13-3-1-2-12(11)13/h11-16,19H,1-10H2,(H,20,21). The van der Waals surface area contributed by atoms with Gasteiger partial charge in [0.2, 0.25) is 5.91 Å². The molecule has 4 saturated carbocycles. The zero-order chi connectivity index (χ0) is 14.0. The molecule has 5 fully saturated rings. The molecule has 2 N–H and O–H groups in total. The van der Waals surface area contributed by atoms with Crippen molar-refractivity contribution in [2.24, 2.45) is 35.0 Å². The van der Waals surface area contributed by atoms with Crippen LogP contribution in [0.4, 0.5) is 0 Å². The maximum Gasteiger partial charge on any atom is 0.223 e. The molecule has 5 aliphatic rings. The van der Waals surface area contributed by atoms with Gasteiger partial charge >= 0.3 is 0 Å². The summed E-state index contributed by atoms with van der Waals surface area (Å²) in [6.07, 6.45) is 10.7. The summed E-state index contributed by atoms with van der Waals surface area (Å²) in [6.45, 7) is 2.23. The van der Waals surface area contributed by atoms with Gasteiger partial charge in [-0.3, -0.25) is 4.79 Å². The van der Waals surface area contributed by atoms with Crippen molar-refractivity contribution in [3.63, 3.8) is 0 Å². The molecule has 1 heterocycles. The third-order valence-electron chi connectivity index (χ3n) is 7.86. The molecule has 1 saturated heterocycles. The number of hydrogen-bond donors (Lipinski definition) is 2. The number of fused-ring (bicyclic) bond motifs is 5. The van der Waals surface area contributed by atoms with Crippen LogP contribution in [0.3, 0.4) is 0 Å². The van der Waals surface area contributed by atoms with Crippen LogP contribution in [0.1, 0.15) is 51.4 Å². The first kappa shape index (κ1) is 12.9. The average Bonchev–Trinajstić information content (AvgIpc) is 2.91. The van der Waals surface area contributed by atoms with Gasteiger partial charge in [0.1, 0.15) is 0 Å². The lowest BCUT2D eigenvalue weighted by Gasteiger charge is -2.32. The Hall–Kier alpha value is -0.570. The van der Waals surface area contributed by atoms with Gasteiger partial charge in [-0.2, -0.15) is 0 Å². The van der Waals surface area contributed by atoms with E-state index in [4.69, 9.17) is 0 Å². The summed E-state index contributed by atoms with van der Waals surface area (Å²) in [5.41, 5.74) is 0.392. The summed E-state index contributed by atoms with van der Waals surface area (Å²) in [6, 6.07) is 0.529. The molecular formula is C18H28N2O. The van der Waals surface area contributed by atoms with E-state index in [1.807, 2.05) is 0 Å². The van der Waals surface area contributed by atoms with Crippen LogP contribution < -0.4 is 10.6 Å². The molecule has 0 aromatic rings. The fraction of sp³-hybridized carbons (Fsp3) is 0.944. The summed E-state index contributed by atoms with van der Waals surface area (Å²) in [7, 11) is 0. The Morgan fingerprint density at radius 2 is 1.86 bits per heavy atom. The third kappa shape index (κ3) is 1.85. The Bertz CT molecular complexity index is 456. The Morgan fingerprint density at radius 3 is 2.71 bits per heavy atom. The smallest absolute Gasteiger partial charge is 0.223 e. The summed E-state index contributed by atoms with van der Waals surface area (Å²) < 4.78 is 0. The third-order valence-corrected chi connectivity index (χ3v) is 7.86. The van der Waals surface area contributed by atoms with Crippen molar-refractivity contribution >= 4 is 5.91 Å². The van der Waals surface area contributed by atoms with Crippen molar-refractivity contribution < 1.29 is 4.79 Å². The monoisotopic (exact) mass is 288 g/mol. The van der Waals surface area contributed by atoms with Gasteiger partial charge < -0.3 is 10.6 Å². The minimum Gasteiger partial charge on any atom is -0.353 e. The lowest BCUT2D eigenvalue weighted by atomic mass is 9.79. The predicted molar refractivity (Wildman–Crippen MR) is 81.6 cm³/mol. The number of carbonyl (C=O) groups excluding carboxylic acids is 1. The molecule has 5 rings (SSSR count). The first-order valence-electron chi connectivity index (χ1n) is 9.28. The van der Waals surface area contributed by atoms with Crippen molar-refractivity contribution in [3.8, 4) is 0 Å². The van der Waals surface area contributed by atoms with E-state index in [2.05, 4.69) is 10.6 Å². The second-order valence-electron chi connectivity index (χ2n) is 8.64. The Kier molecular flexibility index (Phi) is 2.75. The van der Waals surface area contributed by atoms with Crippen molar-refractivity contribution in [2.45, 2.75) is 57.4 Å². The Balaban J connectivity index is 1.22. The quantitative estimate of drug-likeness (QED) is 0.819. The summed E-state index contributed by atoms with van der Waals surface area (Å²) in [5, 5.41) is 6.93. The molecule has 3 nitrogen and oxygen atoms in total. The van der Waals surface area contributed by atoms with Crippen molar-refractivity contribution in [1.29, 1.82) is 0 Å². The second kappa shape index (κ2) is 4.47. The molecule has 2 bridgehead atoms. The maximum atomic E-state index is 12.7. The van der Waals surface area contributed by atoms with Gasteiger partial charge in [-0.05, 0) is 87.1 Å². The molecule has 116 valence electrons. The fourth-order valence-corrected chi connectivity index (χ4v) is 6.71. The highest BCUT2D eigenvalue weighted by Crippen LogP contribution is 2.60. The van der Waals surface area contributed by atoms with Crippen LogP contribution in [-0.4, -0.2) is 25.0 Å². The summed E-state index contributed by atoms with van der Waals surface area (Å²) in [4.78, 5) is 12.7. The van der Waals surface area contributed by atoms with Gasteiger partial charge in [0, 0.05) is 12.0 Å². The highest BCUT2D eigenvalue weighted by Gasteiger charge is 2.59. The molecule has 21 heavy (non-hydrogen) atoms. The van der Waals surface area contributed by atoms with Crippen molar-refractivity contribution in [2.75, 3.05) is 13.1 Å². The molecule has 3 heteroatoms. The minimum atomic E-state index is 0.345. The Morgan fingerprint density at radius 1 is 1.05 bits per heavy atom. The summed E-state index contributed by atoms with van der Waals surface area (Å²) >= 11 is 0.